The number of nitrogens with zero attached hydrogens (tertiary/aromatic N) is 3. The SMILES string of the molecule is COCc1nccc(Oc2ccccc2C#N)n1. The van der Waals surface area contributed by atoms with Gasteiger partial charge in [-0.2, -0.15) is 10.2 Å². The minimum absolute atomic E-state index is 0.317. The summed E-state index contributed by atoms with van der Waals surface area (Å²) < 4.78 is 10.5. The van der Waals surface area contributed by atoms with E-state index < -0.39 is 0 Å². The van der Waals surface area contributed by atoms with Gasteiger partial charge in [0.15, 0.2) is 5.82 Å². The first-order chi connectivity index (χ1) is 8.83. The van der Waals surface area contributed by atoms with Crippen molar-refractivity contribution in [3.8, 4) is 17.7 Å². The Balaban J connectivity index is 2.23. The molecule has 0 bridgehead atoms. The molecular formula is C13H11N3O2. The molecule has 0 atom stereocenters. The second-order valence-electron chi connectivity index (χ2n) is 3.45. The van der Waals surface area contributed by atoms with E-state index in [9.17, 15) is 0 Å². The molecule has 2 aromatic rings. The van der Waals surface area contributed by atoms with Crippen LogP contribution in [0.1, 0.15) is 11.4 Å². The van der Waals surface area contributed by atoms with E-state index in [1.165, 1.54) is 0 Å². The van der Waals surface area contributed by atoms with E-state index >= 15 is 0 Å². The lowest BCUT2D eigenvalue weighted by atomic mass is 10.2. The van der Waals surface area contributed by atoms with Crippen molar-refractivity contribution in [3.05, 3.63) is 47.9 Å². The van der Waals surface area contributed by atoms with E-state index in [4.69, 9.17) is 14.7 Å². The van der Waals surface area contributed by atoms with E-state index in [1.807, 2.05) is 0 Å². The van der Waals surface area contributed by atoms with Crippen molar-refractivity contribution in [1.82, 2.24) is 9.97 Å². The molecule has 1 aromatic heterocycles. The second-order valence-corrected chi connectivity index (χ2v) is 3.45. The van der Waals surface area contributed by atoms with Crippen molar-refractivity contribution in [2.75, 3.05) is 7.11 Å². The Morgan fingerprint density at radius 1 is 1.28 bits per heavy atom. The highest BCUT2D eigenvalue weighted by molar-refractivity contribution is 5.44. The highest BCUT2D eigenvalue weighted by Gasteiger charge is 2.05. The minimum Gasteiger partial charge on any atom is -0.438 e. The molecule has 0 aliphatic heterocycles. The molecule has 0 fully saturated rings. The molecule has 90 valence electrons. The monoisotopic (exact) mass is 241 g/mol. The summed E-state index contributed by atoms with van der Waals surface area (Å²) in [6.07, 6.45) is 1.59. The van der Waals surface area contributed by atoms with Crippen molar-refractivity contribution in [3.63, 3.8) is 0 Å². The fraction of sp³-hybridized carbons (Fsp3) is 0.154. The van der Waals surface area contributed by atoms with Crippen molar-refractivity contribution < 1.29 is 9.47 Å². The van der Waals surface area contributed by atoms with Gasteiger partial charge in [0.2, 0.25) is 5.88 Å². The number of para-hydroxylation sites is 1. The van der Waals surface area contributed by atoms with Crippen LogP contribution in [0.2, 0.25) is 0 Å². The molecule has 1 aromatic carbocycles. The number of rotatable bonds is 4. The van der Waals surface area contributed by atoms with Gasteiger partial charge in [-0.1, -0.05) is 12.1 Å². The molecule has 1 heterocycles. The molecule has 0 N–H and O–H groups in total. The van der Waals surface area contributed by atoms with E-state index in [2.05, 4.69) is 16.0 Å². The maximum Gasteiger partial charge on any atom is 0.222 e. The van der Waals surface area contributed by atoms with Crippen LogP contribution >= 0.6 is 0 Å². The van der Waals surface area contributed by atoms with Crippen LogP contribution < -0.4 is 4.74 Å². The number of hydrogen-bond donors (Lipinski definition) is 0. The van der Waals surface area contributed by atoms with Crippen LogP contribution in [-0.4, -0.2) is 17.1 Å². The van der Waals surface area contributed by atoms with E-state index in [0.717, 1.165) is 0 Å². The van der Waals surface area contributed by atoms with E-state index in [0.29, 0.717) is 29.6 Å². The molecular weight excluding hydrogens is 230 g/mol. The topological polar surface area (TPSA) is 68.0 Å². The van der Waals surface area contributed by atoms with Gasteiger partial charge >= 0.3 is 0 Å². The van der Waals surface area contributed by atoms with Gasteiger partial charge in [-0.05, 0) is 12.1 Å². The first-order valence-corrected chi connectivity index (χ1v) is 5.31. The highest BCUT2D eigenvalue weighted by Crippen LogP contribution is 2.22. The summed E-state index contributed by atoms with van der Waals surface area (Å²) >= 11 is 0. The summed E-state index contributed by atoms with van der Waals surface area (Å²) in [7, 11) is 1.57. The smallest absolute Gasteiger partial charge is 0.222 e. The molecule has 2 rings (SSSR count). The summed E-state index contributed by atoms with van der Waals surface area (Å²) in [6.45, 7) is 0.317. The number of aromatic nitrogens is 2. The maximum absolute atomic E-state index is 8.95. The number of nitriles is 1. The normalized spacial score (nSPS) is 9.78. The Labute approximate surface area is 105 Å². The molecule has 0 amide bonds. The van der Waals surface area contributed by atoms with Crippen LogP contribution in [0.25, 0.3) is 0 Å². The fourth-order valence-electron chi connectivity index (χ4n) is 1.40. The Morgan fingerprint density at radius 2 is 2.11 bits per heavy atom. The van der Waals surface area contributed by atoms with Crippen LogP contribution in [-0.2, 0) is 11.3 Å². The van der Waals surface area contributed by atoms with Crippen molar-refractivity contribution in [2.45, 2.75) is 6.61 Å². The summed E-state index contributed by atoms with van der Waals surface area (Å²) in [4.78, 5) is 8.20. The number of ether oxygens (including phenoxy) is 2. The first kappa shape index (κ1) is 12.0. The minimum atomic E-state index is 0.317. The largest absolute Gasteiger partial charge is 0.438 e. The van der Waals surface area contributed by atoms with Gasteiger partial charge in [-0.15, -0.1) is 0 Å². The quantitative estimate of drug-likeness (QED) is 0.821. The maximum atomic E-state index is 8.95. The van der Waals surface area contributed by atoms with Crippen LogP contribution in [0.5, 0.6) is 11.6 Å². The number of benzene rings is 1. The average Bonchev–Trinajstić information content (AvgIpc) is 2.40. The lowest BCUT2D eigenvalue weighted by Crippen LogP contribution is -1.98. The molecule has 5 nitrogen and oxygen atoms in total. The van der Waals surface area contributed by atoms with Gasteiger partial charge in [-0.25, -0.2) is 4.98 Å². The molecule has 0 unspecified atom stereocenters. The summed E-state index contributed by atoms with van der Waals surface area (Å²) in [5.41, 5.74) is 0.462. The van der Waals surface area contributed by atoms with E-state index in [1.54, 1.807) is 43.6 Å². The van der Waals surface area contributed by atoms with Crippen LogP contribution in [0.4, 0.5) is 0 Å². The van der Waals surface area contributed by atoms with Crippen molar-refractivity contribution >= 4 is 0 Å². The molecule has 0 aliphatic carbocycles. The Bertz CT molecular complexity index is 578. The average molecular weight is 241 g/mol. The van der Waals surface area contributed by atoms with Gasteiger partial charge < -0.3 is 9.47 Å². The molecule has 5 heteroatoms. The van der Waals surface area contributed by atoms with Gasteiger partial charge in [0.1, 0.15) is 18.4 Å². The standard InChI is InChI=1S/C13H11N3O2/c1-17-9-12-15-7-6-13(16-12)18-11-5-3-2-4-10(11)8-14/h2-7H,9H2,1H3. The molecule has 0 aliphatic rings. The van der Waals surface area contributed by atoms with Crippen molar-refractivity contribution in [2.24, 2.45) is 0 Å². The van der Waals surface area contributed by atoms with Gasteiger partial charge in [0, 0.05) is 19.4 Å². The molecule has 0 radical (unpaired) electrons. The summed E-state index contributed by atoms with van der Waals surface area (Å²) in [5.74, 6) is 1.39. The third kappa shape index (κ3) is 2.81. The summed E-state index contributed by atoms with van der Waals surface area (Å²) in [6, 6.07) is 10.7. The van der Waals surface area contributed by atoms with Crippen LogP contribution in [0.3, 0.4) is 0 Å². The number of hydrogen-bond acceptors (Lipinski definition) is 5. The second kappa shape index (κ2) is 5.75. The molecule has 0 spiro atoms. The molecule has 0 saturated carbocycles. The molecule has 18 heavy (non-hydrogen) atoms. The first-order valence-electron chi connectivity index (χ1n) is 5.31. The van der Waals surface area contributed by atoms with Crippen LogP contribution in [0, 0.1) is 11.3 Å². The third-order valence-corrected chi connectivity index (χ3v) is 2.18. The van der Waals surface area contributed by atoms with Gasteiger partial charge in [0.25, 0.3) is 0 Å². The zero-order valence-electron chi connectivity index (χ0n) is 9.83. The number of methoxy groups -OCH3 is 1. The Kier molecular flexibility index (Phi) is 3.84. The third-order valence-electron chi connectivity index (χ3n) is 2.18. The predicted molar refractivity (Wildman–Crippen MR) is 64.0 cm³/mol. The van der Waals surface area contributed by atoms with Crippen molar-refractivity contribution in [1.29, 1.82) is 5.26 Å². The predicted octanol–water partition coefficient (Wildman–Crippen LogP) is 2.29. The van der Waals surface area contributed by atoms with E-state index in [-0.39, 0.29) is 0 Å². The Hall–Kier alpha value is -2.45. The van der Waals surface area contributed by atoms with Gasteiger partial charge in [0.05, 0.1) is 5.56 Å². The zero-order chi connectivity index (χ0) is 12.8. The lowest BCUT2D eigenvalue weighted by molar-refractivity contribution is 0.177. The molecule has 0 saturated heterocycles. The lowest BCUT2D eigenvalue weighted by Gasteiger charge is -2.06. The van der Waals surface area contributed by atoms with Gasteiger partial charge in [-0.3, -0.25) is 0 Å². The van der Waals surface area contributed by atoms with Crippen LogP contribution in [0.15, 0.2) is 36.5 Å². The summed E-state index contributed by atoms with van der Waals surface area (Å²) in [5, 5.41) is 8.95. The zero-order valence-corrected chi connectivity index (χ0v) is 9.83. The highest BCUT2D eigenvalue weighted by atomic mass is 16.5. The Morgan fingerprint density at radius 3 is 2.89 bits per heavy atom. The fourth-order valence-corrected chi connectivity index (χ4v) is 1.40.